The van der Waals surface area contributed by atoms with Crippen LogP contribution >= 0.6 is 36.2 Å². The van der Waals surface area contributed by atoms with Crippen LogP contribution in [0.15, 0.2) is 45.5 Å². The summed E-state index contributed by atoms with van der Waals surface area (Å²) in [6, 6.07) is 9.95. The second-order valence-corrected chi connectivity index (χ2v) is 15.4. The average Bonchev–Trinajstić information content (AvgIpc) is 3.18. The van der Waals surface area contributed by atoms with Crippen molar-refractivity contribution in [2.45, 2.75) is 80.9 Å². The monoisotopic (exact) mass is 837 g/mol. The number of thioether (sulfide) groups is 1. The third-order valence-corrected chi connectivity index (χ3v) is 9.58. The number of hydrogen-bond acceptors (Lipinski definition) is 19. The van der Waals surface area contributed by atoms with Gasteiger partial charge in [-0.15, -0.1) is 0 Å². The third kappa shape index (κ3) is 17.4. The minimum absolute atomic E-state index is 0.0580. The number of thiol groups is 1. The van der Waals surface area contributed by atoms with E-state index in [4.69, 9.17) is 15.7 Å². The van der Waals surface area contributed by atoms with Crippen LogP contribution in [0, 0.1) is 5.92 Å². The molecule has 57 heavy (non-hydrogen) atoms. The lowest BCUT2D eigenvalue weighted by Gasteiger charge is -2.12. The highest BCUT2D eigenvalue weighted by Crippen LogP contribution is 2.25. The van der Waals surface area contributed by atoms with Gasteiger partial charge >= 0.3 is 0 Å². The van der Waals surface area contributed by atoms with E-state index < -0.39 is 5.92 Å². The van der Waals surface area contributed by atoms with Crippen molar-refractivity contribution in [2.24, 2.45) is 5.92 Å². The second kappa shape index (κ2) is 24.7. The number of nitrogens with one attached hydrogen (secondary N) is 5. The molecule has 7 N–H and O–H groups in total. The lowest BCUT2D eigenvalue weighted by Crippen LogP contribution is -2.34. The molecule has 306 valence electrons. The molecule has 4 aromatic rings. The summed E-state index contributed by atoms with van der Waals surface area (Å²) < 4.78 is 0. The lowest BCUT2D eigenvalue weighted by atomic mass is 10.0. The van der Waals surface area contributed by atoms with Crippen LogP contribution in [0.25, 0.3) is 0 Å². The molecule has 4 rings (SSSR count). The van der Waals surface area contributed by atoms with Crippen LogP contribution < -0.4 is 32.3 Å². The number of aromatic nitrogens is 9. The zero-order chi connectivity index (χ0) is 40.8. The van der Waals surface area contributed by atoms with Crippen LogP contribution in [0.3, 0.4) is 0 Å². The molecule has 1 atom stereocenters. The molecule has 0 aliphatic carbocycles. The maximum absolute atomic E-state index is 12.5. The molecule has 0 aliphatic heterocycles. The Balaban J connectivity index is 1.29. The molecule has 0 radical (unpaired) electrons. The number of hydrogen-bond donors (Lipinski definition) is 7. The van der Waals surface area contributed by atoms with Crippen LogP contribution in [0.2, 0.25) is 0 Å². The molecule has 0 aliphatic rings. The Morgan fingerprint density at radius 3 is 1.89 bits per heavy atom. The van der Waals surface area contributed by atoms with Crippen molar-refractivity contribution in [3.63, 3.8) is 0 Å². The van der Waals surface area contributed by atoms with Crippen LogP contribution in [-0.4, -0.2) is 107 Å². The summed E-state index contributed by atoms with van der Waals surface area (Å²) >= 11 is 7.21. The molecular weight excluding hydrogens is 787 g/mol. The van der Waals surface area contributed by atoms with Gasteiger partial charge < -0.3 is 32.3 Å². The normalized spacial score (nSPS) is 11.4. The molecule has 3 aromatic heterocycles. The van der Waals surface area contributed by atoms with E-state index in [-0.39, 0.29) is 36.5 Å². The summed E-state index contributed by atoms with van der Waals surface area (Å²) in [5.74, 6) is 3.71. The van der Waals surface area contributed by atoms with E-state index >= 15 is 0 Å². The van der Waals surface area contributed by atoms with Gasteiger partial charge in [0.05, 0.1) is 6.54 Å². The smallest absolute Gasteiger partial charge is 0.227 e. The largest absolute Gasteiger partial charge is 0.368 e. The SMILES string of the molecule is CCSc1nc(CCCNC(=O)C(C)CC(=O)CNC(C)=O)nc(NCCCc2nc(NCCCc3nc(N)nc(NCCS)n3)nc(Sc3ccccc3)n2)n1. The second-order valence-electron chi connectivity index (χ2n) is 12.7. The molecule has 0 fully saturated rings. The number of anilines is 4. The van der Waals surface area contributed by atoms with Gasteiger partial charge in [-0.25, -0.2) is 9.97 Å². The number of Topliss-reactive ketones (excluding diaryl/α,β-unsaturated/α-hetero) is 1. The lowest BCUT2D eigenvalue weighted by molar-refractivity contribution is -0.129. The van der Waals surface area contributed by atoms with Gasteiger partial charge in [0, 0.05) is 75.4 Å². The highest BCUT2D eigenvalue weighted by Gasteiger charge is 2.17. The number of ketones is 1. The zero-order valence-electron chi connectivity index (χ0n) is 32.5. The van der Waals surface area contributed by atoms with Gasteiger partial charge in [-0.1, -0.05) is 43.8 Å². The molecule has 1 aromatic carbocycles. The zero-order valence-corrected chi connectivity index (χ0v) is 35.0. The number of nitrogens with two attached hydrogens (primary N) is 1. The molecule has 1 unspecified atom stereocenters. The number of nitrogens with zero attached hydrogens (tertiary/aromatic N) is 9. The number of rotatable bonds is 26. The number of benzene rings is 1. The van der Waals surface area contributed by atoms with Crippen molar-refractivity contribution in [3.05, 3.63) is 47.8 Å². The summed E-state index contributed by atoms with van der Waals surface area (Å²) in [7, 11) is 0. The van der Waals surface area contributed by atoms with E-state index in [1.165, 1.54) is 30.4 Å². The number of aryl methyl sites for hydroxylation is 3. The Morgan fingerprint density at radius 1 is 0.719 bits per heavy atom. The van der Waals surface area contributed by atoms with Crippen molar-refractivity contribution < 1.29 is 14.4 Å². The topological polar surface area (TPSA) is 253 Å². The Labute approximate surface area is 346 Å². The molecule has 0 bridgehead atoms. The third-order valence-electron chi connectivity index (χ3n) is 7.76. The summed E-state index contributed by atoms with van der Waals surface area (Å²) in [6.07, 6.45) is 3.80. The van der Waals surface area contributed by atoms with Gasteiger partial charge in [0.15, 0.2) is 16.1 Å². The summed E-state index contributed by atoms with van der Waals surface area (Å²) in [5, 5.41) is 16.3. The minimum Gasteiger partial charge on any atom is -0.368 e. The Kier molecular flexibility index (Phi) is 19.4. The first-order valence-corrected chi connectivity index (χ1v) is 21.3. The highest BCUT2D eigenvalue weighted by atomic mass is 32.2. The Bertz CT molecular complexity index is 1890. The minimum atomic E-state index is -0.499. The molecule has 0 saturated carbocycles. The highest BCUT2D eigenvalue weighted by molar-refractivity contribution is 7.99. The van der Waals surface area contributed by atoms with E-state index in [1.807, 2.05) is 37.3 Å². The van der Waals surface area contributed by atoms with Gasteiger partial charge in [-0.3, -0.25) is 14.4 Å². The predicted octanol–water partition coefficient (Wildman–Crippen LogP) is 3.30. The maximum atomic E-state index is 12.5. The molecular formula is C36H51N15O3S3. The maximum Gasteiger partial charge on any atom is 0.227 e. The van der Waals surface area contributed by atoms with E-state index in [0.29, 0.717) is 116 Å². The Morgan fingerprint density at radius 2 is 1.28 bits per heavy atom. The molecule has 0 spiro atoms. The molecule has 2 amide bonds. The van der Waals surface area contributed by atoms with E-state index in [0.717, 1.165) is 10.6 Å². The van der Waals surface area contributed by atoms with E-state index in [2.05, 4.69) is 74.1 Å². The quantitative estimate of drug-likeness (QED) is 0.0272. The van der Waals surface area contributed by atoms with Crippen LogP contribution in [-0.2, 0) is 33.6 Å². The van der Waals surface area contributed by atoms with Gasteiger partial charge in [-0.05, 0) is 48.9 Å². The average molecular weight is 838 g/mol. The van der Waals surface area contributed by atoms with Gasteiger partial charge in [-0.2, -0.15) is 47.5 Å². The fourth-order valence-electron chi connectivity index (χ4n) is 5.06. The van der Waals surface area contributed by atoms with Crippen molar-refractivity contribution in [2.75, 3.05) is 65.9 Å². The molecule has 0 saturated heterocycles. The number of carbonyl (C=O) groups excluding carboxylic acids is 3. The van der Waals surface area contributed by atoms with Gasteiger partial charge in [0.2, 0.25) is 35.6 Å². The number of carbonyl (C=O) groups is 3. The van der Waals surface area contributed by atoms with E-state index in [9.17, 15) is 14.4 Å². The van der Waals surface area contributed by atoms with Crippen LogP contribution in [0.5, 0.6) is 0 Å². The van der Waals surface area contributed by atoms with Crippen LogP contribution in [0.1, 0.15) is 63.9 Å². The summed E-state index contributed by atoms with van der Waals surface area (Å²) in [5.41, 5.74) is 5.88. The first-order chi connectivity index (χ1) is 27.6. The Hall–Kier alpha value is -4.89. The molecule has 18 nitrogen and oxygen atoms in total. The van der Waals surface area contributed by atoms with Crippen molar-refractivity contribution >= 4 is 77.5 Å². The standard InChI is InChI=1S/C36H51N15O3S3/c1-4-56-35-47-28(14-8-16-38-30(54)23(2)21-25(53)22-42-24(3)52)45-33(50-35)39-18-10-15-29-46-34(51-36(48-29)57-26-11-6-5-7-12-26)40-17-9-13-27-43-31(37)49-32(44-27)41-19-20-55/h5-7,11-12,23,55H,4,8-10,13-22H2,1-3H3,(H,38,54)(H,42,52)(H,39,45,47,50)(H,40,46,48,51)(H3,37,41,43,44,49). The number of nitrogen functional groups attached to an aromatic ring is 1. The van der Waals surface area contributed by atoms with Gasteiger partial charge in [0.1, 0.15) is 17.5 Å². The van der Waals surface area contributed by atoms with Gasteiger partial charge in [0.25, 0.3) is 0 Å². The van der Waals surface area contributed by atoms with Crippen LogP contribution in [0.4, 0.5) is 23.8 Å². The summed E-state index contributed by atoms with van der Waals surface area (Å²) in [6.45, 7) is 7.17. The van der Waals surface area contributed by atoms with Crippen molar-refractivity contribution in [3.8, 4) is 0 Å². The van der Waals surface area contributed by atoms with Crippen molar-refractivity contribution in [1.82, 2.24) is 55.5 Å². The first-order valence-electron chi connectivity index (χ1n) is 18.8. The van der Waals surface area contributed by atoms with Crippen molar-refractivity contribution in [1.29, 1.82) is 0 Å². The first kappa shape index (κ1) is 44.8. The van der Waals surface area contributed by atoms with E-state index in [1.54, 1.807) is 6.92 Å². The predicted molar refractivity (Wildman–Crippen MR) is 226 cm³/mol. The molecule has 3 heterocycles. The number of amides is 2. The fraction of sp³-hybridized carbons (Fsp3) is 0.500. The fourth-order valence-corrected chi connectivity index (χ4v) is 6.54. The summed E-state index contributed by atoms with van der Waals surface area (Å²) in [4.78, 5) is 77.4. The molecule has 21 heteroatoms.